The first kappa shape index (κ1) is 26.3. The molecule has 0 aliphatic carbocycles. The summed E-state index contributed by atoms with van der Waals surface area (Å²) in [5.74, 6) is -2.83. The van der Waals surface area contributed by atoms with Gasteiger partial charge >= 0.3 is 66.9 Å². The number of aliphatic hydroxyl groups is 3. The Balaban J connectivity index is 0. The Bertz CT molecular complexity index is 443. The van der Waals surface area contributed by atoms with Crippen molar-refractivity contribution < 1.29 is 117 Å². The molecule has 0 radical (unpaired) electrons. The minimum atomic E-state index is -5.48. The number of hydrogen-bond donors (Lipinski definition) is 4. The first-order chi connectivity index (χ1) is 8.90. The van der Waals surface area contributed by atoms with Crippen molar-refractivity contribution in [1.82, 2.24) is 0 Å². The van der Waals surface area contributed by atoms with Gasteiger partial charge in [0, 0.05) is 7.11 Å². The summed E-state index contributed by atoms with van der Waals surface area (Å²) in [6.45, 7) is -1.35. The summed E-state index contributed by atoms with van der Waals surface area (Å²) in [6.07, 6.45) is -6.22. The van der Waals surface area contributed by atoms with Gasteiger partial charge in [0.15, 0.2) is 0 Å². The zero-order chi connectivity index (χ0) is 15.8. The fourth-order valence-electron chi connectivity index (χ4n) is 1.31. The molecular formula is C6H12Na2O12P2. The van der Waals surface area contributed by atoms with Gasteiger partial charge in [-0.15, -0.1) is 0 Å². The number of phosphoric acid groups is 2. The number of aliphatic hydroxyl groups excluding tert-OH is 2. The third kappa shape index (κ3) is 7.52. The zero-order valence-corrected chi connectivity index (χ0v) is 17.7. The molecule has 0 spiro atoms. The molecule has 120 valence electrons. The van der Waals surface area contributed by atoms with Gasteiger partial charge in [-0.2, -0.15) is 0 Å². The third-order valence-electron chi connectivity index (χ3n) is 2.28. The van der Waals surface area contributed by atoms with E-state index in [0.29, 0.717) is 0 Å². The molecule has 1 heterocycles. The Morgan fingerprint density at radius 3 is 2.18 bits per heavy atom. The van der Waals surface area contributed by atoms with Crippen LogP contribution in [0.2, 0.25) is 0 Å². The van der Waals surface area contributed by atoms with Gasteiger partial charge in [-0.1, -0.05) is 0 Å². The fraction of sp³-hybridized carbons (Fsp3) is 1.00. The number of phosphoric ester groups is 2. The van der Waals surface area contributed by atoms with Crippen LogP contribution in [0.3, 0.4) is 0 Å². The van der Waals surface area contributed by atoms with Gasteiger partial charge in [-0.3, -0.25) is 9.05 Å². The van der Waals surface area contributed by atoms with Crippen LogP contribution in [0.4, 0.5) is 0 Å². The third-order valence-corrected chi connectivity index (χ3v) is 3.66. The molecule has 1 aliphatic rings. The van der Waals surface area contributed by atoms with Gasteiger partial charge in [0.1, 0.15) is 18.8 Å². The summed E-state index contributed by atoms with van der Waals surface area (Å²) in [5.41, 5.74) is 0. The van der Waals surface area contributed by atoms with Gasteiger partial charge < -0.3 is 43.8 Å². The zero-order valence-electron chi connectivity index (χ0n) is 11.9. The van der Waals surface area contributed by atoms with Crippen molar-refractivity contribution in [2.75, 3.05) is 13.7 Å². The van der Waals surface area contributed by atoms with E-state index in [1.807, 2.05) is 0 Å². The fourth-order valence-corrected chi connectivity index (χ4v) is 2.16. The molecule has 1 rings (SSSR count). The van der Waals surface area contributed by atoms with E-state index in [1.54, 1.807) is 0 Å². The molecule has 5 atom stereocenters. The molecule has 0 aromatic carbocycles. The van der Waals surface area contributed by atoms with E-state index < -0.39 is 46.5 Å². The van der Waals surface area contributed by atoms with Gasteiger partial charge in [0.25, 0.3) is 0 Å². The van der Waals surface area contributed by atoms with E-state index in [-0.39, 0.29) is 59.1 Å². The van der Waals surface area contributed by atoms with Crippen molar-refractivity contribution in [3.05, 3.63) is 0 Å². The summed E-state index contributed by atoms with van der Waals surface area (Å²) < 4.78 is 37.9. The van der Waals surface area contributed by atoms with E-state index in [9.17, 15) is 34.2 Å². The summed E-state index contributed by atoms with van der Waals surface area (Å²) in [6, 6.07) is 0. The molecule has 22 heavy (non-hydrogen) atoms. The summed E-state index contributed by atoms with van der Waals surface area (Å²) in [4.78, 5) is 29.6. The Labute approximate surface area is 169 Å². The van der Waals surface area contributed by atoms with Crippen molar-refractivity contribution in [3.8, 4) is 0 Å². The average Bonchev–Trinajstić information content (AvgIpc) is 2.51. The molecule has 1 fully saturated rings. The summed E-state index contributed by atoms with van der Waals surface area (Å²) >= 11 is 0. The largest absolute Gasteiger partial charge is 1.00 e. The SMILES string of the molecule is COP(=O)(O)O[C@H]1OC(O)(COP(=O)([O-])[O-])[C@@H](O)[C@@H]1O.[Na+].[Na+]. The molecule has 2 unspecified atom stereocenters. The van der Waals surface area contributed by atoms with Crippen LogP contribution in [0.1, 0.15) is 0 Å². The number of hydrogen-bond acceptors (Lipinski definition) is 11. The smallest absolute Gasteiger partial charge is 0.790 e. The first-order valence-corrected chi connectivity index (χ1v) is 7.86. The minimum absolute atomic E-state index is 0. The average molecular weight is 384 g/mol. The summed E-state index contributed by atoms with van der Waals surface area (Å²) in [7, 11) is -9.29. The second kappa shape index (κ2) is 9.67. The molecule has 0 aromatic rings. The summed E-state index contributed by atoms with van der Waals surface area (Å²) in [5, 5.41) is 28.6. The van der Waals surface area contributed by atoms with Crippen LogP contribution in [0.5, 0.6) is 0 Å². The Hall–Kier alpha value is 2.06. The van der Waals surface area contributed by atoms with Crippen LogP contribution < -0.4 is 68.9 Å². The molecular weight excluding hydrogens is 372 g/mol. The predicted octanol–water partition coefficient (Wildman–Crippen LogP) is -9.63. The minimum Gasteiger partial charge on any atom is -0.790 e. The number of rotatable bonds is 6. The molecule has 12 nitrogen and oxygen atoms in total. The molecule has 0 bridgehead atoms. The van der Waals surface area contributed by atoms with Crippen molar-refractivity contribution in [2.45, 2.75) is 24.3 Å². The maximum atomic E-state index is 11.1. The van der Waals surface area contributed by atoms with Crippen LogP contribution >= 0.6 is 15.6 Å². The van der Waals surface area contributed by atoms with Crippen LogP contribution in [0.25, 0.3) is 0 Å². The predicted molar refractivity (Wildman–Crippen MR) is 53.3 cm³/mol. The van der Waals surface area contributed by atoms with E-state index >= 15 is 0 Å². The molecule has 1 saturated heterocycles. The number of ether oxygens (including phenoxy) is 1. The molecule has 1 aliphatic heterocycles. The van der Waals surface area contributed by atoms with E-state index in [4.69, 9.17) is 4.89 Å². The second-order valence-corrected chi connectivity index (χ2v) is 6.41. The Morgan fingerprint density at radius 2 is 1.77 bits per heavy atom. The normalized spacial score (nSPS) is 34.4. The van der Waals surface area contributed by atoms with E-state index in [1.165, 1.54) is 0 Å². The van der Waals surface area contributed by atoms with Crippen LogP contribution in [0, 0.1) is 0 Å². The van der Waals surface area contributed by atoms with Crippen molar-refractivity contribution in [2.24, 2.45) is 0 Å². The monoisotopic (exact) mass is 384 g/mol. The molecule has 0 aromatic heterocycles. The van der Waals surface area contributed by atoms with Gasteiger partial charge in [0.05, 0.1) is 7.82 Å². The molecule has 16 heteroatoms. The van der Waals surface area contributed by atoms with E-state index in [0.717, 1.165) is 7.11 Å². The van der Waals surface area contributed by atoms with Crippen molar-refractivity contribution in [3.63, 3.8) is 0 Å². The molecule has 4 N–H and O–H groups in total. The van der Waals surface area contributed by atoms with Crippen LogP contribution in [-0.4, -0.2) is 58.2 Å². The molecule has 0 saturated carbocycles. The second-order valence-electron chi connectivity index (χ2n) is 3.74. The van der Waals surface area contributed by atoms with Crippen LogP contribution in [0.15, 0.2) is 0 Å². The quantitative estimate of drug-likeness (QED) is 0.249. The van der Waals surface area contributed by atoms with Crippen molar-refractivity contribution >= 4 is 15.6 Å². The van der Waals surface area contributed by atoms with Gasteiger partial charge in [-0.25, -0.2) is 4.57 Å². The van der Waals surface area contributed by atoms with Crippen LogP contribution in [-0.2, 0) is 27.4 Å². The standard InChI is InChI=1S/C6H14O12P2.2Na/c1-15-20(13,14)18-5-3(7)4(8)6(9,17-5)2-16-19(10,11)12;;/h3-5,7-9H,2H2,1H3,(H,13,14)(H2,10,11,12);;/q;2*+1/p-2/t3-,4-,5+,6?;;/m0../s1. The Morgan fingerprint density at radius 1 is 1.27 bits per heavy atom. The topological polar surface area (TPSA) is 198 Å². The maximum Gasteiger partial charge on any atom is 1.00 e. The first-order valence-electron chi connectivity index (χ1n) is 4.90. The maximum absolute atomic E-state index is 11.1. The van der Waals surface area contributed by atoms with Gasteiger partial charge in [0.2, 0.25) is 12.1 Å². The van der Waals surface area contributed by atoms with Crippen molar-refractivity contribution in [1.29, 1.82) is 0 Å². The molecule has 0 amide bonds. The Kier molecular flexibility index (Phi) is 11.6. The van der Waals surface area contributed by atoms with Gasteiger partial charge in [-0.05, 0) is 0 Å². The van der Waals surface area contributed by atoms with E-state index in [2.05, 4.69) is 18.3 Å².